The van der Waals surface area contributed by atoms with E-state index in [0.717, 1.165) is 0 Å². The Balaban J connectivity index is 2.21. The van der Waals surface area contributed by atoms with E-state index in [1.807, 2.05) is 6.92 Å². The Morgan fingerprint density at radius 2 is 1.67 bits per heavy atom. The molecule has 0 saturated carbocycles. The smallest absolute Gasteiger partial charge is 0.255 e. The average molecular weight is 286 g/mol. The van der Waals surface area contributed by atoms with Crippen LogP contribution < -0.4 is 10.6 Å². The maximum Gasteiger partial charge on any atom is 0.255 e. The third-order valence-corrected chi connectivity index (χ3v) is 2.86. The van der Waals surface area contributed by atoms with Gasteiger partial charge in [0.15, 0.2) is 0 Å². The quantitative estimate of drug-likeness (QED) is 0.908. The van der Waals surface area contributed by atoms with Crippen LogP contribution in [-0.4, -0.2) is 18.4 Å². The van der Waals surface area contributed by atoms with Gasteiger partial charge in [0.1, 0.15) is 5.82 Å². The lowest BCUT2D eigenvalue weighted by Gasteiger charge is -2.10. The van der Waals surface area contributed by atoms with Gasteiger partial charge in [-0.25, -0.2) is 4.39 Å². The number of rotatable bonds is 4. The molecule has 0 aromatic heterocycles. The molecule has 108 valence electrons. The van der Waals surface area contributed by atoms with Crippen molar-refractivity contribution in [3.05, 3.63) is 65.5 Å². The topological polar surface area (TPSA) is 58.2 Å². The van der Waals surface area contributed by atoms with Crippen molar-refractivity contribution in [3.8, 4) is 0 Å². The molecular weight excluding hydrogens is 271 g/mol. The van der Waals surface area contributed by atoms with E-state index in [1.165, 1.54) is 24.3 Å². The van der Waals surface area contributed by atoms with Crippen molar-refractivity contribution < 1.29 is 14.0 Å². The summed E-state index contributed by atoms with van der Waals surface area (Å²) in [7, 11) is 0. The summed E-state index contributed by atoms with van der Waals surface area (Å²) < 4.78 is 12.8. The van der Waals surface area contributed by atoms with Crippen molar-refractivity contribution in [1.82, 2.24) is 5.32 Å². The van der Waals surface area contributed by atoms with E-state index in [4.69, 9.17) is 0 Å². The summed E-state index contributed by atoms with van der Waals surface area (Å²) in [6, 6.07) is 11.9. The molecule has 2 amide bonds. The number of hydrogen-bond donors (Lipinski definition) is 2. The second kappa shape index (κ2) is 6.65. The summed E-state index contributed by atoms with van der Waals surface area (Å²) >= 11 is 0. The number of anilines is 1. The summed E-state index contributed by atoms with van der Waals surface area (Å²) in [6.45, 7) is 2.32. The zero-order valence-corrected chi connectivity index (χ0v) is 11.5. The van der Waals surface area contributed by atoms with Crippen molar-refractivity contribution in [2.24, 2.45) is 0 Å². The Morgan fingerprint density at radius 1 is 1.00 bits per heavy atom. The van der Waals surface area contributed by atoms with Crippen LogP contribution in [0.2, 0.25) is 0 Å². The molecule has 5 heteroatoms. The first-order chi connectivity index (χ1) is 10.1. The van der Waals surface area contributed by atoms with Crippen LogP contribution in [0, 0.1) is 5.82 Å². The minimum atomic E-state index is -0.408. The first-order valence-electron chi connectivity index (χ1n) is 6.56. The summed E-state index contributed by atoms with van der Waals surface area (Å²) in [5.74, 6) is -1.06. The normalized spacial score (nSPS) is 10.0. The molecule has 21 heavy (non-hydrogen) atoms. The zero-order valence-electron chi connectivity index (χ0n) is 11.5. The van der Waals surface area contributed by atoms with Gasteiger partial charge >= 0.3 is 0 Å². The predicted molar refractivity (Wildman–Crippen MR) is 78.8 cm³/mol. The highest BCUT2D eigenvalue weighted by atomic mass is 19.1. The Hall–Kier alpha value is -2.69. The number of carbonyl (C=O) groups excluding carboxylic acids is 2. The van der Waals surface area contributed by atoms with Crippen LogP contribution in [0.5, 0.6) is 0 Å². The van der Waals surface area contributed by atoms with Crippen LogP contribution >= 0.6 is 0 Å². The number of hydrogen-bond acceptors (Lipinski definition) is 2. The van der Waals surface area contributed by atoms with Crippen LogP contribution in [0.25, 0.3) is 0 Å². The van der Waals surface area contributed by atoms with Crippen molar-refractivity contribution in [1.29, 1.82) is 0 Å². The SMILES string of the molecule is CCNC(=O)c1ccccc1NC(=O)c1ccc(F)cc1. The Kier molecular flexibility index (Phi) is 4.66. The molecule has 0 radical (unpaired) electrons. The minimum absolute atomic E-state index is 0.257. The first kappa shape index (κ1) is 14.7. The predicted octanol–water partition coefficient (Wildman–Crippen LogP) is 2.83. The fourth-order valence-corrected chi connectivity index (χ4v) is 1.84. The van der Waals surface area contributed by atoms with Crippen molar-refractivity contribution in [2.75, 3.05) is 11.9 Å². The third-order valence-electron chi connectivity index (χ3n) is 2.86. The Morgan fingerprint density at radius 3 is 2.33 bits per heavy atom. The molecule has 2 aromatic rings. The molecule has 0 bridgehead atoms. The molecular formula is C16H15FN2O2. The van der Waals surface area contributed by atoms with Gasteiger partial charge < -0.3 is 10.6 Å². The van der Waals surface area contributed by atoms with Gasteiger partial charge in [0.2, 0.25) is 0 Å². The molecule has 2 N–H and O–H groups in total. The fraction of sp³-hybridized carbons (Fsp3) is 0.125. The first-order valence-corrected chi connectivity index (χ1v) is 6.56. The highest BCUT2D eigenvalue weighted by Crippen LogP contribution is 2.16. The maximum absolute atomic E-state index is 12.8. The van der Waals surface area contributed by atoms with Crippen LogP contribution in [0.3, 0.4) is 0 Å². The molecule has 0 aliphatic carbocycles. The van der Waals surface area contributed by atoms with Gasteiger partial charge in [-0.15, -0.1) is 0 Å². The van der Waals surface area contributed by atoms with E-state index in [-0.39, 0.29) is 5.91 Å². The monoisotopic (exact) mass is 286 g/mol. The standard InChI is InChI=1S/C16H15FN2O2/c1-2-18-16(21)13-5-3-4-6-14(13)19-15(20)11-7-9-12(17)10-8-11/h3-10H,2H2,1H3,(H,18,21)(H,19,20). The molecule has 0 unspecified atom stereocenters. The van der Waals surface area contributed by atoms with Crippen molar-refractivity contribution >= 4 is 17.5 Å². The summed E-state index contributed by atoms with van der Waals surface area (Å²) in [5.41, 5.74) is 1.12. The molecule has 0 aliphatic rings. The van der Waals surface area contributed by atoms with E-state index in [0.29, 0.717) is 23.4 Å². The lowest BCUT2D eigenvalue weighted by Crippen LogP contribution is -2.24. The van der Waals surface area contributed by atoms with Gasteiger partial charge in [-0.2, -0.15) is 0 Å². The second-order valence-corrected chi connectivity index (χ2v) is 4.37. The summed E-state index contributed by atoms with van der Waals surface area (Å²) in [4.78, 5) is 24.0. The second-order valence-electron chi connectivity index (χ2n) is 4.37. The van der Waals surface area contributed by atoms with Crippen LogP contribution in [-0.2, 0) is 0 Å². The molecule has 2 rings (SSSR count). The van der Waals surface area contributed by atoms with E-state index in [9.17, 15) is 14.0 Å². The largest absolute Gasteiger partial charge is 0.352 e. The number of para-hydroxylation sites is 1. The molecule has 4 nitrogen and oxygen atoms in total. The van der Waals surface area contributed by atoms with Crippen LogP contribution in [0.15, 0.2) is 48.5 Å². The average Bonchev–Trinajstić information content (AvgIpc) is 2.48. The Labute approximate surface area is 122 Å². The van der Waals surface area contributed by atoms with Gasteiger partial charge in [0.25, 0.3) is 11.8 Å². The van der Waals surface area contributed by atoms with E-state index < -0.39 is 11.7 Å². The van der Waals surface area contributed by atoms with Gasteiger partial charge in [-0.3, -0.25) is 9.59 Å². The van der Waals surface area contributed by atoms with Crippen molar-refractivity contribution in [2.45, 2.75) is 6.92 Å². The minimum Gasteiger partial charge on any atom is -0.352 e. The highest BCUT2D eigenvalue weighted by Gasteiger charge is 2.13. The summed E-state index contributed by atoms with van der Waals surface area (Å²) in [6.07, 6.45) is 0. The number of halogens is 1. The highest BCUT2D eigenvalue weighted by molar-refractivity contribution is 6.08. The zero-order chi connectivity index (χ0) is 15.2. The molecule has 0 saturated heterocycles. The third kappa shape index (κ3) is 3.66. The number of nitrogens with one attached hydrogen (secondary N) is 2. The molecule has 2 aromatic carbocycles. The molecule has 0 heterocycles. The van der Waals surface area contributed by atoms with Gasteiger partial charge in [-0.05, 0) is 43.3 Å². The van der Waals surface area contributed by atoms with Crippen molar-refractivity contribution in [3.63, 3.8) is 0 Å². The van der Waals surface area contributed by atoms with Crippen LogP contribution in [0.1, 0.15) is 27.6 Å². The van der Waals surface area contributed by atoms with E-state index in [1.54, 1.807) is 24.3 Å². The van der Waals surface area contributed by atoms with Gasteiger partial charge in [0.05, 0.1) is 11.3 Å². The maximum atomic E-state index is 12.8. The number of benzene rings is 2. The Bertz CT molecular complexity index is 654. The number of carbonyl (C=O) groups is 2. The van der Waals surface area contributed by atoms with Gasteiger partial charge in [0, 0.05) is 12.1 Å². The summed E-state index contributed by atoms with van der Waals surface area (Å²) in [5, 5.41) is 5.35. The molecule has 0 aliphatic heterocycles. The lowest BCUT2D eigenvalue weighted by molar-refractivity contribution is 0.0956. The fourth-order valence-electron chi connectivity index (χ4n) is 1.84. The lowest BCUT2D eigenvalue weighted by atomic mass is 10.1. The molecule has 0 atom stereocenters. The molecule has 0 fully saturated rings. The van der Waals surface area contributed by atoms with Crippen LogP contribution in [0.4, 0.5) is 10.1 Å². The van der Waals surface area contributed by atoms with E-state index in [2.05, 4.69) is 10.6 Å². The van der Waals surface area contributed by atoms with Gasteiger partial charge in [-0.1, -0.05) is 12.1 Å². The number of amides is 2. The van der Waals surface area contributed by atoms with E-state index >= 15 is 0 Å². The molecule has 0 spiro atoms.